The molecule has 1 unspecified atom stereocenters. The summed E-state index contributed by atoms with van der Waals surface area (Å²) >= 11 is 0. The Morgan fingerprint density at radius 3 is 2.11 bits per heavy atom. The molecule has 5 N–H and O–H groups in total. The number of hydrogen-bond donors (Lipinski definition) is 5. The molecule has 4 aliphatic rings. The van der Waals surface area contributed by atoms with Crippen LogP contribution in [0.1, 0.15) is 139 Å². The van der Waals surface area contributed by atoms with Gasteiger partial charge in [0.1, 0.15) is 54.2 Å². The first kappa shape index (κ1) is 63.7. The number of aliphatic hydroxyl groups excluding tert-OH is 2. The number of cyclic esters (lactones) is 2. The van der Waals surface area contributed by atoms with Crippen LogP contribution in [0, 0.1) is 29.6 Å². The van der Waals surface area contributed by atoms with E-state index in [0.717, 1.165) is 0 Å². The molecule has 0 aromatic heterocycles. The van der Waals surface area contributed by atoms with Crippen molar-refractivity contribution in [3.63, 3.8) is 0 Å². The quantitative estimate of drug-likeness (QED) is 0.140. The fourth-order valence-corrected chi connectivity index (χ4v) is 11.1. The number of likely N-dealkylation sites (tertiary alicyclic amines) is 1. The fraction of sp³-hybridized carbons (Fsp3) is 0.719. The number of fused-ring (bicyclic) bond motifs is 3. The molecule has 4 aliphatic heterocycles. The molecule has 7 amide bonds. The number of ketones is 1. The Hall–Kier alpha value is -6.16. The molecule has 440 valence electrons. The third kappa shape index (κ3) is 15.4. The van der Waals surface area contributed by atoms with Crippen LogP contribution in [0.2, 0.25) is 0 Å². The van der Waals surface area contributed by atoms with E-state index in [1.165, 1.54) is 54.5 Å². The molecule has 3 saturated heterocycles. The highest BCUT2D eigenvalue weighted by Gasteiger charge is 2.47. The van der Waals surface area contributed by atoms with Gasteiger partial charge in [-0.1, -0.05) is 67.9 Å². The highest BCUT2D eigenvalue weighted by atomic mass is 16.6. The third-order valence-electron chi connectivity index (χ3n) is 15.9. The zero-order chi connectivity index (χ0) is 58.9. The van der Waals surface area contributed by atoms with Crippen molar-refractivity contribution in [1.29, 1.82) is 0 Å². The molecule has 13 atom stereocenters. The summed E-state index contributed by atoms with van der Waals surface area (Å²) in [6.07, 6.45) is -4.85. The van der Waals surface area contributed by atoms with Gasteiger partial charge < -0.3 is 60.0 Å². The Labute approximate surface area is 464 Å². The molecule has 0 saturated carbocycles. The molecule has 1 aromatic carbocycles. The first-order chi connectivity index (χ1) is 37.1. The zero-order valence-corrected chi connectivity index (χ0v) is 48.4. The number of nitrogens with one attached hydrogen (secondary N) is 3. The van der Waals surface area contributed by atoms with Crippen LogP contribution in [0.3, 0.4) is 0 Å². The van der Waals surface area contributed by atoms with Gasteiger partial charge >= 0.3 is 11.9 Å². The summed E-state index contributed by atoms with van der Waals surface area (Å²) in [6, 6.07) is -3.58. The standard InChI is InChI=1S/C57H87N7O15/c1-14-32(8)46-44(66)27-45(67)79-49(31(6)7)48(68)33(9)50(69)58-39(23-29(2)3)54(73)63-22-16-18-41(63)56(75)64-28-37-25-38(77-13)20-19-36(37)26-43(64)57(76)78-35(11)47(52(71)59-46)60-51(70)42(24-30(4)5)61(12)55(74)40-17-15-21-62(40)53(72)34(10)65/h19-20,25,29-35,39-44,46-47,49,65-66H,14-18,21-24,26-28H2,1-13H3,(H,58,69)(H,59,71)(H,60,70)/t32-,33-,34-,35+,39-,40-,41-,42+,43-,44-,46+,47-,49?/m0/s1. The van der Waals surface area contributed by atoms with Crippen LogP contribution in [-0.4, -0.2) is 183 Å². The fourth-order valence-electron chi connectivity index (χ4n) is 11.1. The van der Waals surface area contributed by atoms with Crippen LogP contribution in [-0.2, 0) is 70.4 Å². The van der Waals surface area contributed by atoms with Crippen molar-refractivity contribution >= 4 is 59.1 Å². The van der Waals surface area contributed by atoms with Gasteiger partial charge in [0.2, 0.25) is 35.4 Å². The largest absolute Gasteiger partial charge is 0.497 e. The Balaban J connectivity index is 1.63. The molecular weight excluding hydrogens is 1020 g/mol. The van der Waals surface area contributed by atoms with Crippen molar-refractivity contribution in [1.82, 2.24) is 35.6 Å². The van der Waals surface area contributed by atoms with E-state index in [2.05, 4.69) is 16.0 Å². The summed E-state index contributed by atoms with van der Waals surface area (Å²) in [5.41, 5.74) is 1.35. The van der Waals surface area contributed by atoms with Crippen LogP contribution in [0.15, 0.2) is 18.2 Å². The summed E-state index contributed by atoms with van der Waals surface area (Å²) in [5, 5.41) is 30.3. The van der Waals surface area contributed by atoms with Gasteiger partial charge in [-0.15, -0.1) is 0 Å². The maximum Gasteiger partial charge on any atom is 0.329 e. The molecule has 0 aliphatic carbocycles. The number of hydrogen-bond acceptors (Lipinski definition) is 15. The van der Waals surface area contributed by atoms with Crippen molar-refractivity contribution in [2.24, 2.45) is 29.6 Å². The molecule has 4 heterocycles. The molecule has 0 radical (unpaired) electrons. The number of carbonyl (C=O) groups excluding carboxylic acids is 10. The summed E-state index contributed by atoms with van der Waals surface area (Å²) in [7, 11) is 2.90. The van der Waals surface area contributed by atoms with Crippen LogP contribution < -0.4 is 20.7 Å². The first-order valence-electron chi connectivity index (χ1n) is 28.2. The number of nitrogens with zero attached hydrogens (tertiary/aromatic N) is 4. The topological polar surface area (TPSA) is 288 Å². The number of benzene rings is 1. The maximum atomic E-state index is 15.2. The van der Waals surface area contributed by atoms with Crippen molar-refractivity contribution in [3.8, 4) is 5.75 Å². The van der Waals surface area contributed by atoms with Gasteiger partial charge in [0.25, 0.3) is 5.91 Å². The number of amides is 7. The van der Waals surface area contributed by atoms with E-state index in [0.29, 0.717) is 36.1 Å². The number of likely N-dealkylation sites (N-methyl/N-ethyl adjacent to an activating group) is 1. The van der Waals surface area contributed by atoms with Gasteiger partial charge in [-0.05, 0) is 106 Å². The minimum Gasteiger partial charge on any atom is -0.497 e. The van der Waals surface area contributed by atoms with Gasteiger partial charge in [-0.3, -0.25) is 43.2 Å². The van der Waals surface area contributed by atoms with E-state index < -0.39 is 150 Å². The lowest BCUT2D eigenvalue weighted by molar-refractivity contribution is -0.164. The van der Waals surface area contributed by atoms with E-state index >= 15 is 9.59 Å². The van der Waals surface area contributed by atoms with Crippen LogP contribution in [0.5, 0.6) is 5.75 Å². The molecular formula is C57H87N7O15. The summed E-state index contributed by atoms with van der Waals surface area (Å²) in [6.45, 7) is 18.4. The normalized spacial score (nSPS) is 28.2. The Morgan fingerprint density at radius 1 is 0.835 bits per heavy atom. The highest BCUT2D eigenvalue weighted by Crippen LogP contribution is 2.32. The number of ether oxygens (including phenoxy) is 3. The molecule has 79 heavy (non-hydrogen) atoms. The molecule has 22 nitrogen and oxygen atoms in total. The Kier molecular flexibility index (Phi) is 22.4. The van der Waals surface area contributed by atoms with E-state index in [4.69, 9.17) is 14.2 Å². The van der Waals surface area contributed by atoms with E-state index in [1.54, 1.807) is 45.9 Å². The lowest BCUT2D eigenvalue weighted by Crippen LogP contribution is -2.62. The minimum absolute atomic E-state index is 0.0622. The van der Waals surface area contributed by atoms with Crippen molar-refractivity contribution < 1.29 is 72.4 Å². The summed E-state index contributed by atoms with van der Waals surface area (Å²) < 4.78 is 17.4. The van der Waals surface area contributed by atoms with Gasteiger partial charge in [0.15, 0.2) is 11.9 Å². The first-order valence-corrected chi connectivity index (χ1v) is 28.2. The lowest BCUT2D eigenvalue weighted by Gasteiger charge is -2.40. The van der Waals surface area contributed by atoms with Gasteiger partial charge in [-0.25, -0.2) is 4.79 Å². The molecule has 3 fully saturated rings. The number of esters is 2. The molecule has 0 bridgehead atoms. The van der Waals surface area contributed by atoms with Gasteiger partial charge in [0.05, 0.1) is 31.6 Å². The smallest absolute Gasteiger partial charge is 0.329 e. The second-order valence-electron chi connectivity index (χ2n) is 23.3. The summed E-state index contributed by atoms with van der Waals surface area (Å²) in [5.74, 6) is -10.1. The zero-order valence-electron chi connectivity index (χ0n) is 48.4. The second kappa shape index (κ2) is 27.8. The second-order valence-corrected chi connectivity index (χ2v) is 23.3. The average molecular weight is 1110 g/mol. The minimum atomic E-state index is -1.75. The lowest BCUT2D eigenvalue weighted by atomic mass is 9.91. The van der Waals surface area contributed by atoms with Crippen LogP contribution in [0.4, 0.5) is 0 Å². The Bertz CT molecular complexity index is 2410. The van der Waals surface area contributed by atoms with Crippen molar-refractivity contribution in [2.75, 3.05) is 27.2 Å². The number of rotatable bonds is 13. The molecule has 5 rings (SSSR count). The monoisotopic (exact) mass is 1110 g/mol. The van der Waals surface area contributed by atoms with Crippen LogP contribution in [0.25, 0.3) is 0 Å². The Morgan fingerprint density at radius 2 is 1.51 bits per heavy atom. The maximum absolute atomic E-state index is 15.2. The SMILES string of the molecule is CC[C@H](C)[C@H]1NC(=O)[C@@H](NC(=O)[C@@H](CC(C)C)N(C)C(=O)[C@@H]2CCCN2C(=O)[C@H](C)O)[C@@H](C)OC(=O)[C@@H]2Cc3ccc(OC)cc3CN2C(=O)[C@@H]2CCCN2C(=O)[C@H](CC(C)C)NC(=O)[C@@H](C)C(=O)C(C(C)C)OC(=O)C[C@@H]1O. The third-order valence-corrected chi connectivity index (χ3v) is 15.9. The van der Waals surface area contributed by atoms with E-state index in [-0.39, 0.29) is 63.6 Å². The molecule has 0 spiro atoms. The van der Waals surface area contributed by atoms with Gasteiger partial charge in [-0.2, -0.15) is 0 Å². The average Bonchev–Trinajstić information content (AvgIpc) is 4.12. The highest BCUT2D eigenvalue weighted by molar-refractivity contribution is 6.05. The van der Waals surface area contributed by atoms with Crippen molar-refractivity contribution in [2.45, 2.75) is 207 Å². The summed E-state index contributed by atoms with van der Waals surface area (Å²) in [4.78, 5) is 149. The number of methoxy groups -OCH3 is 1. The van der Waals surface area contributed by atoms with Crippen LogP contribution >= 0.6 is 0 Å². The van der Waals surface area contributed by atoms with Gasteiger partial charge in [0, 0.05) is 33.1 Å². The molecule has 1 aromatic rings. The predicted molar refractivity (Wildman–Crippen MR) is 288 cm³/mol. The number of carbonyl (C=O) groups is 10. The van der Waals surface area contributed by atoms with E-state index in [9.17, 15) is 48.6 Å². The predicted octanol–water partition coefficient (Wildman–Crippen LogP) is 2.20. The number of aliphatic hydroxyl groups is 2. The number of Topliss-reactive ketones (excluding diaryl/α,β-unsaturated/α-hetero) is 1. The van der Waals surface area contributed by atoms with E-state index in [1.807, 2.05) is 27.7 Å². The molecule has 22 heteroatoms. The van der Waals surface area contributed by atoms with Crippen molar-refractivity contribution in [3.05, 3.63) is 29.3 Å².